The number of carboxylic acid groups (broad SMARTS) is 1. The fraction of sp³-hybridized carbons (Fsp3) is 0.581. The highest BCUT2D eigenvalue weighted by Gasteiger charge is 2.79. The van der Waals surface area contributed by atoms with Crippen molar-refractivity contribution in [3.05, 3.63) is 70.9 Å². The fourth-order valence-corrected chi connectivity index (χ4v) is 13.0. The van der Waals surface area contributed by atoms with Gasteiger partial charge < -0.3 is 39.8 Å². The van der Waals surface area contributed by atoms with Crippen LogP contribution in [0.2, 0.25) is 0 Å². The maximum Gasteiger partial charge on any atom is 0.340 e. The van der Waals surface area contributed by atoms with Gasteiger partial charge in [-0.25, -0.2) is 4.79 Å². The summed E-state index contributed by atoms with van der Waals surface area (Å²) >= 11 is 0. The highest BCUT2D eigenvalue weighted by molar-refractivity contribution is 5.94. The fourth-order valence-electron chi connectivity index (χ4n) is 13.0. The molecule has 9 rings (SSSR count). The van der Waals surface area contributed by atoms with E-state index >= 15 is 4.79 Å². The predicted octanol–water partition coefficient (Wildman–Crippen LogP) is 3.33. The summed E-state index contributed by atoms with van der Waals surface area (Å²) in [4.78, 5) is 38.9. The highest BCUT2D eigenvalue weighted by atomic mass is 16.5. The van der Waals surface area contributed by atoms with Gasteiger partial charge in [0.2, 0.25) is 5.60 Å². The molecule has 2 aromatic carbocycles. The number of likely N-dealkylation sites (N-methyl/N-ethyl adjacent to an activating group) is 1. The number of benzene rings is 2. The number of aromatic amines is 1. The maximum absolute atomic E-state index is 15.2. The summed E-state index contributed by atoms with van der Waals surface area (Å²) < 4.78 is 12.2. The summed E-state index contributed by atoms with van der Waals surface area (Å²) in [5, 5.41) is 48.7. The van der Waals surface area contributed by atoms with Gasteiger partial charge in [0.15, 0.2) is 0 Å². The molecule has 55 heavy (non-hydrogen) atoms. The number of ether oxygens (including phenoxy) is 2. The number of nitrogens with zero attached hydrogens (tertiary/aromatic N) is 3. The second-order valence-corrected chi connectivity index (χ2v) is 17.4. The van der Waals surface area contributed by atoms with E-state index < -0.39 is 51.5 Å². The van der Waals surface area contributed by atoms with Gasteiger partial charge in [0, 0.05) is 84.0 Å². The Morgan fingerprint density at radius 1 is 1.02 bits per heavy atom. The quantitative estimate of drug-likeness (QED) is 0.186. The van der Waals surface area contributed by atoms with E-state index in [4.69, 9.17) is 9.47 Å². The number of nitrogens with one attached hydrogen (secondary N) is 1. The van der Waals surface area contributed by atoms with Crippen molar-refractivity contribution in [2.75, 3.05) is 58.9 Å². The number of aliphatic hydroxyl groups is 3. The molecule has 1 aromatic heterocycles. The molecule has 12 heteroatoms. The molecule has 1 aliphatic carbocycles. The minimum Gasteiger partial charge on any atom is -0.496 e. The van der Waals surface area contributed by atoms with Crippen molar-refractivity contribution in [3.63, 3.8) is 0 Å². The van der Waals surface area contributed by atoms with Crippen LogP contribution in [0.3, 0.4) is 0 Å². The van der Waals surface area contributed by atoms with Crippen LogP contribution in [0, 0.1) is 11.3 Å². The van der Waals surface area contributed by atoms with E-state index in [0.717, 1.165) is 27.7 Å². The second-order valence-electron chi connectivity index (χ2n) is 17.4. The first-order chi connectivity index (χ1) is 26.3. The normalized spacial score (nSPS) is 39.0. The van der Waals surface area contributed by atoms with Gasteiger partial charge in [0.05, 0.1) is 25.9 Å². The first kappa shape index (κ1) is 36.7. The molecule has 5 aliphatic heterocycles. The van der Waals surface area contributed by atoms with Crippen molar-refractivity contribution in [1.82, 2.24) is 14.8 Å². The number of carbonyl (C=O) groups excluding carboxylic acids is 1. The predicted molar refractivity (Wildman–Crippen MR) is 207 cm³/mol. The molecule has 6 aliphatic rings. The molecule has 2 saturated heterocycles. The van der Waals surface area contributed by atoms with Gasteiger partial charge >= 0.3 is 11.9 Å². The van der Waals surface area contributed by atoms with E-state index in [-0.39, 0.29) is 12.0 Å². The average molecular weight is 755 g/mol. The third kappa shape index (κ3) is 4.51. The Labute approximate surface area is 321 Å². The Kier molecular flexibility index (Phi) is 8.19. The van der Waals surface area contributed by atoms with Crippen LogP contribution in [0.4, 0.5) is 5.69 Å². The number of piperidine rings is 1. The summed E-state index contributed by atoms with van der Waals surface area (Å²) in [5.74, 6) is -1.57. The molecule has 3 aromatic rings. The smallest absolute Gasteiger partial charge is 0.340 e. The average Bonchev–Trinajstić information content (AvgIpc) is 3.84. The Hall–Kier alpha value is -3.94. The number of H-pyrrole nitrogens is 1. The molecule has 1 spiro atoms. The zero-order valence-corrected chi connectivity index (χ0v) is 32.5. The number of methoxy groups -OCH3 is 2. The summed E-state index contributed by atoms with van der Waals surface area (Å²) in [6.45, 7) is 7.23. The monoisotopic (exact) mass is 754 g/mol. The van der Waals surface area contributed by atoms with Crippen LogP contribution in [0.5, 0.6) is 5.75 Å². The number of hydrogen-bond acceptors (Lipinski definition) is 10. The molecule has 2 bridgehead atoms. The summed E-state index contributed by atoms with van der Waals surface area (Å²) in [7, 11) is 4.80. The maximum atomic E-state index is 15.2. The van der Waals surface area contributed by atoms with Crippen LogP contribution in [0.1, 0.15) is 68.3 Å². The molecule has 0 radical (unpaired) electrons. The van der Waals surface area contributed by atoms with Crippen LogP contribution >= 0.6 is 0 Å². The van der Waals surface area contributed by atoms with Crippen LogP contribution in [-0.4, -0.2) is 131 Å². The Morgan fingerprint density at radius 3 is 2.51 bits per heavy atom. The summed E-state index contributed by atoms with van der Waals surface area (Å²) in [6, 6.07) is 10.7. The van der Waals surface area contributed by atoms with E-state index in [1.807, 2.05) is 55.2 Å². The molecule has 5 N–H and O–H groups in total. The zero-order chi connectivity index (χ0) is 38.9. The molecular weight excluding hydrogens is 700 g/mol. The number of hydrogen-bond donors (Lipinski definition) is 5. The van der Waals surface area contributed by atoms with E-state index in [1.54, 1.807) is 14.2 Å². The van der Waals surface area contributed by atoms with Crippen LogP contribution in [0.25, 0.3) is 10.9 Å². The number of aliphatic carboxylic acids is 1. The molecule has 1 unspecified atom stereocenters. The third-order valence-corrected chi connectivity index (χ3v) is 15.2. The van der Waals surface area contributed by atoms with E-state index in [2.05, 4.69) is 26.9 Å². The van der Waals surface area contributed by atoms with Gasteiger partial charge in [0.1, 0.15) is 17.3 Å². The number of esters is 1. The summed E-state index contributed by atoms with van der Waals surface area (Å²) in [6.07, 6.45) is 5.39. The lowest BCUT2D eigenvalue weighted by molar-refractivity contribution is -0.215. The van der Waals surface area contributed by atoms with Crippen molar-refractivity contribution < 1.29 is 39.5 Å². The molecule has 294 valence electrons. The summed E-state index contributed by atoms with van der Waals surface area (Å²) in [5.41, 5.74) is -2.07. The molecule has 12 nitrogen and oxygen atoms in total. The molecule has 6 heterocycles. The second kappa shape index (κ2) is 12.3. The van der Waals surface area contributed by atoms with Crippen molar-refractivity contribution in [1.29, 1.82) is 0 Å². The molecule has 1 saturated carbocycles. The van der Waals surface area contributed by atoms with Crippen molar-refractivity contribution in [2.24, 2.45) is 11.3 Å². The zero-order valence-electron chi connectivity index (χ0n) is 32.5. The van der Waals surface area contributed by atoms with Crippen LogP contribution < -0.4 is 9.64 Å². The standard InChI is InChI=1S/C43H54N4O8/c1-6-39(52)21-25-22-42(38(51)55-5,33-27(13-17-46(23-25)24-39)26-11-8-9-12-30(26)44-33)29-19-28-31(20-32(29)54-4)45(3)35-41(28)15-18-47-16-10-14-40(7-2,34(41)47)36(48)43(35,53)37(49)50/h8-12,14,19-20,25,34-36,44,48,52-53H,6-7,13,15-18,21-24H2,1-5H3,(H,49,50)/t25-,34-,35+,36+,39-,40+,41+,42-,43-/m0/s1. The Morgan fingerprint density at radius 2 is 1.80 bits per heavy atom. The van der Waals surface area contributed by atoms with E-state index in [9.17, 15) is 25.2 Å². The van der Waals surface area contributed by atoms with Gasteiger partial charge in [-0.2, -0.15) is 0 Å². The van der Waals surface area contributed by atoms with Gasteiger partial charge in [-0.3, -0.25) is 14.6 Å². The number of fused-ring (bicyclic) bond motifs is 6. The Balaban J connectivity index is 1.36. The number of para-hydroxylation sites is 1. The molecule has 10 atom stereocenters. The molecule has 0 amide bonds. The molecular formula is C43H54N4O8. The lowest BCUT2D eigenvalue weighted by Crippen LogP contribution is -2.80. The number of aliphatic hydroxyl groups excluding tert-OH is 1. The van der Waals surface area contributed by atoms with Crippen LogP contribution in [-0.2, 0) is 31.6 Å². The van der Waals surface area contributed by atoms with Crippen molar-refractivity contribution >= 4 is 28.5 Å². The van der Waals surface area contributed by atoms with Crippen molar-refractivity contribution in [2.45, 2.75) is 92.6 Å². The molecule has 3 fully saturated rings. The van der Waals surface area contributed by atoms with E-state index in [1.165, 1.54) is 7.11 Å². The Bertz CT molecular complexity index is 2120. The lowest BCUT2D eigenvalue weighted by atomic mass is 9.47. The minimum absolute atomic E-state index is 0.0955. The highest BCUT2D eigenvalue weighted by Crippen LogP contribution is 2.67. The van der Waals surface area contributed by atoms with Gasteiger partial charge in [-0.1, -0.05) is 44.2 Å². The number of rotatable bonds is 6. The third-order valence-electron chi connectivity index (χ3n) is 15.2. The van der Waals surface area contributed by atoms with Gasteiger partial charge in [0.25, 0.3) is 0 Å². The minimum atomic E-state index is -2.52. The lowest BCUT2D eigenvalue weighted by Gasteiger charge is -2.62. The van der Waals surface area contributed by atoms with E-state index in [0.29, 0.717) is 88.2 Å². The first-order valence-electron chi connectivity index (χ1n) is 19.9. The van der Waals surface area contributed by atoms with Crippen molar-refractivity contribution in [3.8, 4) is 5.75 Å². The first-order valence-corrected chi connectivity index (χ1v) is 19.9. The largest absolute Gasteiger partial charge is 0.496 e. The van der Waals surface area contributed by atoms with Crippen LogP contribution in [0.15, 0.2) is 48.6 Å². The number of carbonyl (C=O) groups is 2. The van der Waals surface area contributed by atoms with Gasteiger partial charge in [-0.15, -0.1) is 0 Å². The number of anilines is 1. The number of carboxylic acids is 1. The topological polar surface area (TPSA) is 159 Å². The van der Waals surface area contributed by atoms with Gasteiger partial charge in [-0.05, 0) is 74.2 Å². The SMILES string of the molecule is CC[C@]1(O)C[C@@H]2CN(CCc3c([nH]c4ccccc34)[C@@](C(=O)OC)(c3cc4c(cc3OC)N(C)[C@H]3[C@@](O)(C(=O)O)[C@H](O)[C@]5(CC)C=CCN6CC[C@]43[C@@H]65)C2)C1. The number of aromatic nitrogens is 1.